The minimum atomic E-state index is -0.206. The zero-order valence-corrected chi connectivity index (χ0v) is 15.6. The Morgan fingerprint density at radius 3 is 2.44 bits per heavy atom. The standard InChI is InChI=1S/C21H18N4OS/c1-15-12-22-21(27-15)23-20(26)18-14-25(13-16-8-4-2-5-9-16)24-19(18)17-10-6-3-7-11-17/h2-12,14H,13H2,1H3,(H,22,23,26). The van der Waals surface area contributed by atoms with Gasteiger partial charge in [0.15, 0.2) is 5.13 Å². The first-order valence-electron chi connectivity index (χ1n) is 8.59. The predicted molar refractivity (Wildman–Crippen MR) is 108 cm³/mol. The van der Waals surface area contributed by atoms with Gasteiger partial charge in [-0.2, -0.15) is 5.10 Å². The summed E-state index contributed by atoms with van der Waals surface area (Å²) < 4.78 is 1.81. The Hall–Kier alpha value is -3.25. The summed E-state index contributed by atoms with van der Waals surface area (Å²) in [7, 11) is 0. The van der Waals surface area contributed by atoms with E-state index in [1.165, 1.54) is 11.3 Å². The highest BCUT2D eigenvalue weighted by Crippen LogP contribution is 2.24. The fraction of sp³-hybridized carbons (Fsp3) is 0.0952. The summed E-state index contributed by atoms with van der Waals surface area (Å²) in [4.78, 5) is 18.2. The zero-order valence-electron chi connectivity index (χ0n) is 14.8. The van der Waals surface area contributed by atoms with Crippen molar-refractivity contribution in [1.29, 1.82) is 0 Å². The van der Waals surface area contributed by atoms with Crippen molar-refractivity contribution < 1.29 is 4.79 Å². The quantitative estimate of drug-likeness (QED) is 0.555. The molecule has 0 aliphatic rings. The zero-order chi connectivity index (χ0) is 18.6. The van der Waals surface area contributed by atoms with Crippen molar-refractivity contribution in [2.45, 2.75) is 13.5 Å². The van der Waals surface area contributed by atoms with Gasteiger partial charge in [0.2, 0.25) is 0 Å². The third kappa shape index (κ3) is 3.96. The monoisotopic (exact) mass is 374 g/mol. The molecule has 0 bridgehead atoms. The second-order valence-corrected chi connectivity index (χ2v) is 7.41. The van der Waals surface area contributed by atoms with Crippen LogP contribution in [-0.4, -0.2) is 20.7 Å². The van der Waals surface area contributed by atoms with Gasteiger partial charge in [-0.25, -0.2) is 4.98 Å². The Morgan fingerprint density at radius 1 is 1.07 bits per heavy atom. The molecule has 0 aliphatic heterocycles. The lowest BCUT2D eigenvalue weighted by atomic mass is 10.1. The topological polar surface area (TPSA) is 59.8 Å². The van der Waals surface area contributed by atoms with Gasteiger partial charge in [0.1, 0.15) is 5.69 Å². The molecule has 134 valence electrons. The molecule has 0 unspecified atom stereocenters. The Balaban J connectivity index is 1.68. The first-order chi connectivity index (χ1) is 13.2. The molecule has 0 saturated heterocycles. The summed E-state index contributed by atoms with van der Waals surface area (Å²) in [6.45, 7) is 2.56. The van der Waals surface area contributed by atoms with Crippen LogP contribution in [0.1, 0.15) is 20.8 Å². The number of aromatic nitrogens is 3. The summed E-state index contributed by atoms with van der Waals surface area (Å²) in [6.07, 6.45) is 3.54. The van der Waals surface area contributed by atoms with Crippen LogP contribution in [0.15, 0.2) is 73.1 Å². The van der Waals surface area contributed by atoms with Gasteiger partial charge >= 0.3 is 0 Å². The fourth-order valence-electron chi connectivity index (χ4n) is 2.83. The molecule has 27 heavy (non-hydrogen) atoms. The normalized spacial score (nSPS) is 10.7. The molecule has 0 fully saturated rings. The van der Waals surface area contributed by atoms with Crippen LogP contribution in [0.4, 0.5) is 5.13 Å². The summed E-state index contributed by atoms with van der Waals surface area (Å²) >= 11 is 1.45. The van der Waals surface area contributed by atoms with E-state index < -0.39 is 0 Å². The Kier molecular flexibility index (Phi) is 4.80. The molecule has 0 atom stereocenters. The van der Waals surface area contributed by atoms with Gasteiger partial charge in [-0.15, -0.1) is 11.3 Å². The van der Waals surface area contributed by atoms with E-state index in [4.69, 9.17) is 0 Å². The van der Waals surface area contributed by atoms with Crippen LogP contribution >= 0.6 is 11.3 Å². The number of hydrogen-bond donors (Lipinski definition) is 1. The number of amides is 1. The lowest BCUT2D eigenvalue weighted by Gasteiger charge is -2.02. The van der Waals surface area contributed by atoms with Gasteiger partial charge < -0.3 is 0 Å². The molecule has 2 heterocycles. The first kappa shape index (κ1) is 17.2. The molecule has 0 spiro atoms. The molecule has 4 rings (SSSR count). The molecule has 1 N–H and O–H groups in total. The van der Waals surface area contributed by atoms with Crippen LogP contribution < -0.4 is 5.32 Å². The summed E-state index contributed by atoms with van der Waals surface area (Å²) in [6, 6.07) is 19.8. The van der Waals surface area contributed by atoms with Crippen molar-refractivity contribution in [2.75, 3.05) is 5.32 Å². The van der Waals surface area contributed by atoms with Crippen molar-refractivity contribution in [3.05, 3.63) is 89.1 Å². The van der Waals surface area contributed by atoms with Gasteiger partial charge in [0, 0.05) is 22.8 Å². The van der Waals surface area contributed by atoms with Crippen molar-refractivity contribution in [1.82, 2.24) is 14.8 Å². The van der Waals surface area contributed by atoms with Crippen molar-refractivity contribution >= 4 is 22.4 Å². The van der Waals surface area contributed by atoms with E-state index in [1.54, 1.807) is 17.1 Å². The average Bonchev–Trinajstić information content (AvgIpc) is 3.29. The van der Waals surface area contributed by atoms with Crippen LogP contribution in [0, 0.1) is 6.92 Å². The molecule has 0 saturated carbocycles. The summed E-state index contributed by atoms with van der Waals surface area (Å²) in [5, 5.41) is 8.15. The molecule has 4 aromatic rings. The number of carbonyl (C=O) groups excluding carboxylic acids is 1. The van der Waals surface area contributed by atoms with E-state index in [0.29, 0.717) is 22.9 Å². The minimum absolute atomic E-state index is 0.206. The SMILES string of the molecule is Cc1cnc(NC(=O)c2cn(Cc3ccccc3)nc2-c2ccccc2)s1. The number of aryl methyl sites for hydroxylation is 1. The molecular weight excluding hydrogens is 356 g/mol. The number of thiazole rings is 1. The number of carbonyl (C=O) groups is 1. The molecule has 2 aromatic carbocycles. The summed E-state index contributed by atoms with van der Waals surface area (Å²) in [5.74, 6) is -0.206. The number of anilines is 1. The highest BCUT2D eigenvalue weighted by Gasteiger charge is 2.19. The van der Waals surface area contributed by atoms with E-state index in [2.05, 4.69) is 15.4 Å². The predicted octanol–water partition coefficient (Wildman–Crippen LogP) is 4.62. The molecular formula is C21H18N4OS. The third-order valence-electron chi connectivity index (χ3n) is 4.08. The van der Waals surface area contributed by atoms with Gasteiger partial charge in [-0.05, 0) is 12.5 Å². The number of nitrogens with one attached hydrogen (secondary N) is 1. The number of benzene rings is 2. The molecule has 6 heteroatoms. The first-order valence-corrected chi connectivity index (χ1v) is 9.41. The Morgan fingerprint density at radius 2 is 1.78 bits per heavy atom. The van der Waals surface area contributed by atoms with Gasteiger partial charge in [-0.1, -0.05) is 60.7 Å². The second-order valence-electron chi connectivity index (χ2n) is 6.17. The maximum Gasteiger partial charge on any atom is 0.261 e. The van der Waals surface area contributed by atoms with Crippen molar-refractivity contribution in [2.24, 2.45) is 0 Å². The minimum Gasteiger partial charge on any atom is -0.298 e. The maximum atomic E-state index is 12.9. The van der Waals surface area contributed by atoms with E-state index in [0.717, 1.165) is 16.0 Å². The lowest BCUT2D eigenvalue weighted by molar-refractivity contribution is 0.102. The van der Waals surface area contributed by atoms with E-state index in [-0.39, 0.29) is 5.91 Å². The van der Waals surface area contributed by atoms with Crippen LogP contribution in [0.2, 0.25) is 0 Å². The van der Waals surface area contributed by atoms with E-state index >= 15 is 0 Å². The third-order valence-corrected chi connectivity index (χ3v) is 4.91. The van der Waals surface area contributed by atoms with Crippen LogP contribution in [0.25, 0.3) is 11.3 Å². The maximum absolute atomic E-state index is 12.9. The van der Waals surface area contributed by atoms with E-state index in [1.807, 2.05) is 67.6 Å². The number of rotatable bonds is 5. The highest BCUT2D eigenvalue weighted by atomic mass is 32.1. The molecule has 0 radical (unpaired) electrons. The van der Waals surface area contributed by atoms with Crippen LogP contribution in [0.5, 0.6) is 0 Å². The average molecular weight is 374 g/mol. The molecule has 1 amide bonds. The Labute approximate surface area is 161 Å². The van der Waals surface area contributed by atoms with Crippen molar-refractivity contribution in [3.8, 4) is 11.3 Å². The lowest BCUT2D eigenvalue weighted by Crippen LogP contribution is -2.12. The van der Waals surface area contributed by atoms with Gasteiger partial charge in [0.05, 0.1) is 12.1 Å². The molecule has 5 nitrogen and oxygen atoms in total. The van der Waals surface area contributed by atoms with E-state index in [9.17, 15) is 4.79 Å². The fourth-order valence-corrected chi connectivity index (χ4v) is 3.48. The Bertz CT molecular complexity index is 1050. The number of hydrogen-bond acceptors (Lipinski definition) is 4. The summed E-state index contributed by atoms with van der Waals surface area (Å²) in [5.41, 5.74) is 3.23. The second kappa shape index (κ2) is 7.55. The highest BCUT2D eigenvalue weighted by molar-refractivity contribution is 7.15. The largest absolute Gasteiger partial charge is 0.298 e. The van der Waals surface area contributed by atoms with Gasteiger partial charge in [0.25, 0.3) is 5.91 Å². The van der Waals surface area contributed by atoms with Gasteiger partial charge in [-0.3, -0.25) is 14.8 Å². The molecule has 2 aromatic heterocycles. The molecule has 0 aliphatic carbocycles. The number of nitrogens with zero attached hydrogens (tertiary/aromatic N) is 3. The van der Waals surface area contributed by atoms with Crippen LogP contribution in [-0.2, 0) is 6.54 Å². The van der Waals surface area contributed by atoms with Crippen LogP contribution in [0.3, 0.4) is 0 Å². The smallest absolute Gasteiger partial charge is 0.261 e. The van der Waals surface area contributed by atoms with Crippen molar-refractivity contribution in [3.63, 3.8) is 0 Å².